The summed E-state index contributed by atoms with van der Waals surface area (Å²) in [5.41, 5.74) is 2.52. The Kier molecular flexibility index (Phi) is 3.31. The van der Waals surface area contributed by atoms with Gasteiger partial charge in [-0.05, 0) is 22.6 Å². The Balaban J connectivity index is 3.19. The van der Waals surface area contributed by atoms with Crippen molar-refractivity contribution in [3.8, 4) is 0 Å². The van der Waals surface area contributed by atoms with Crippen molar-refractivity contribution in [2.24, 2.45) is 0 Å². The van der Waals surface area contributed by atoms with E-state index in [1.165, 1.54) is 11.1 Å². The summed E-state index contributed by atoms with van der Waals surface area (Å²) >= 11 is 10.4. The molecule has 1 rings (SSSR count). The standard InChI is InChI=1S/C11H15ClS/c1-11(2,3)9-6-8(7-13)4-5-10(9)12/h4-6,13H,7H2,1-3H3. The van der Waals surface area contributed by atoms with Crippen LogP contribution in [0.25, 0.3) is 0 Å². The van der Waals surface area contributed by atoms with Crippen LogP contribution >= 0.6 is 24.2 Å². The van der Waals surface area contributed by atoms with E-state index in [9.17, 15) is 0 Å². The first-order valence-corrected chi connectivity index (χ1v) is 5.36. The molecule has 72 valence electrons. The van der Waals surface area contributed by atoms with Crippen LogP contribution in [0.5, 0.6) is 0 Å². The average Bonchev–Trinajstić information content (AvgIpc) is 2.03. The molecule has 1 aromatic rings. The first-order valence-electron chi connectivity index (χ1n) is 4.35. The number of halogens is 1. The molecular weight excluding hydrogens is 200 g/mol. The minimum atomic E-state index is 0.107. The molecule has 0 spiro atoms. The highest BCUT2D eigenvalue weighted by Crippen LogP contribution is 2.30. The van der Waals surface area contributed by atoms with E-state index in [0.717, 1.165) is 10.8 Å². The molecule has 0 aliphatic carbocycles. The maximum absolute atomic E-state index is 6.11. The first-order chi connectivity index (χ1) is 5.95. The molecule has 0 radical (unpaired) electrons. The zero-order valence-corrected chi connectivity index (χ0v) is 9.91. The maximum Gasteiger partial charge on any atom is 0.0443 e. The quantitative estimate of drug-likeness (QED) is 0.670. The van der Waals surface area contributed by atoms with E-state index in [0.29, 0.717) is 0 Å². The van der Waals surface area contributed by atoms with Crippen molar-refractivity contribution in [1.29, 1.82) is 0 Å². The molecule has 1 aromatic carbocycles. The number of hydrogen-bond donors (Lipinski definition) is 1. The van der Waals surface area contributed by atoms with E-state index in [1.54, 1.807) is 0 Å². The SMILES string of the molecule is CC(C)(C)c1cc(CS)ccc1Cl. The summed E-state index contributed by atoms with van der Waals surface area (Å²) in [6.45, 7) is 6.49. The minimum Gasteiger partial charge on any atom is -0.175 e. The molecule has 0 aliphatic heterocycles. The van der Waals surface area contributed by atoms with E-state index in [2.05, 4.69) is 39.5 Å². The van der Waals surface area contributed by atoms with Crippen LogP contribution in [-0.2, 0) is 11.2 Å². The van der Waals surface area contributed by atoms with Gasteiger partial charge in [0.15, 0.2) is 0 Å². The normalized spacial score (nSPS) is 11.8. The molecule has 2 heteroatoms. The lowest BCUT2D eigenvalue weighted by atomic mass is 9.86. The van der Waals surface area contributed by atoms with E-state index in [4.69, 9.17) is 11.6 Å². The Hall–Kier alpha value is -0.140. The van der Waals surface area contributed by atoms with E-state index >= 15 is 0 Å². The fourth-order valence-electron chi connectivity index (χ4n) is 1.25. The highest BCUT2D eigenvalue weighted by molar-refractivity contribution is 7.79. The van der Waals surface area contributed by atoms with Crippen LogP contribution in [0.1, 0.15) is 31.9 Å². The van der Waals surface area contributed by atoms with Crippen molar-refractivity contribution < 1.29 is 0 Å². The molecule has 0 fully saturated rings. The summed E-state index contributed by atoms with van der Waals surface area (Å²) in [5, 5.41) is 0.845. The van der Waals surface area contributed by atoms with Gasteiger partial charge in [0, 0.05) is 10.8 Å². The molecule has 0 amide bonds. The molecule has 0 unspecified atom stereocenters. The van der Waals surface area contributed by atoms with Crippen molar-refractivity contribution >= 4 is 24.2 Å². The number of benzene rings is 1. The van der Waals surface area contributed by atoms with Crippen LogP contribution in [0.3, 0.4) is 0 Å². The summed E-state index contributed by atoms with van der Waals surface area (Å²) in [7, 11) is 0. The molecule has 0 heterocycles. The minimum absolute atomic E-state index is 0.107. The van der Waals surface area contributed by atoms with Gasteiger partial charge in [0.05, 0.1) is 0 Å². The molecule has 0 nitrogen and oxygen atoms in total. The smallest absolute Gasteiger partial charge is 0.0443 e. The lowest BCUT2D eigenvalue weighted by Gasteiger charge is -2.21. The van der Waals surface area contributed by atoms with Gasteiger partial charge in [0.2, 0.25) is 0 Å². The van der Waals surface area contributed by atoms with Crippen molar-refractivity contribution in [2.45, 2.75) is 31.9 Å². The third kappa shape index (κ3) is 2.65. The lowest BCUT2D eigenvalue weighted by Crippen LogP contribution is -2.12. The van der Waals surface area contributed by atoms with Gasteiger partial charge < -0.3 is 0 Å². The topological polar surface area (TPSA) is 0 Å². The lowest BCUT2D eigenvalue weighted by molar-refractivity contribution is 0.590. The number of rotatable bonds is 1. The second-order valence-corrected chi connectivity index (χ2v) is 4.95. The number of thiol groups is 1. The molecule has 0 aromatic heterocycles. The molecule has 0 aliphatic rings. The highest BCUT2D eigenvalue weighted by atomic mass is 35.5. The van der Waals surface area contributed by atoms with Gasteiger partial charge in [0.1, 0.15) is 0 Å². The Labute approximate surface area is 90.7 Å². The van der Waals surface area contributed by atoms with Crippen molar-refractivity contribution in [3.05, 3.63) is 34.3 Å². The molecule has 0 saturated carbocycles. The second kappa shape index (κ2) is 3.93. The summed E-state index contributed by atoms with van der Waals surface area (Å²) in [6.07, 6.45) is 0. The van der Waals surface area contributed by atoms with Crippen molar-refractivity contribution in [3.63, 3.8) is 0 Å². The third-order valence-corrected chi connectivity index (χ3v) is 2.72. The molecule has 0 saturated heterocycles. The van der Waals surface area contributed by atoms with E-state index in [-0.39, 0.29) is 5.41 Å². The van der Waals surface area contributed by atoms with Crippen LogP contribution < -0.4 is 0 Å². The summed E-state index contributed by atoms with van der Waals surface area (Å²) in [6, 6.07) is 6.10. The first kappa shape index (κ1) is 10.9. The van der Waals surface area contributed by atoms with Gasteiger partial charge in [-0.1, -0.05) is 44.5 Å². The Bertz CT molecular complexity index is 299. The fraction of sp³-hybridized carbons (Fsp3) is 0.455. The summed E-state index contributed by atoms with van der Waals surface area (Å²) in [5.74, 6) is 0.764. The molecular formula is C11H15ClS. The van der Waals surface area contributed by atoms with Gasteiger partial charge in [0.25, 0.3) is 0 Å². The van der Waals surface area contributed by atoms with Crippen LogP contribution in [0.4, 0.5) is 0 Å². The largest absolute Gasteiger partial charge is 0.175 e. The molecule has 13 heavy (non-hydrogen) atoms. The van der Waals surface area contributed by atoms with Crippen LogP contribution in [-0.4, -0.2) is 0 Å². The zero-order valence-electron chi connectivity index (χ0n) is 8.26. The van der Waals surface area contributed by atoms with Crippen LogP contribution in [0.2, 0.25) is 5.02 Å². The van der Waals surface area contributed by atoms with Gasteiger partial charge in [-0.25, -0.2) is 0 Å². The fourth-order valence-corrected chi connectivity index (χ4v) is 1.84. The van der Waals surface area contributed by atoms with Crippen molar-refractivity contribution in [2.75, 3.05) is 0 Å². The highest BCUT2D eigenvalue weighted by Gasteiger charge is 2.17. The zero-order chi connectivity index (χ0) is 10.1. The summed E-state index contributed by atoms with van der Waals surface area (Å²) in [4.78, 5) is 0. The van der Waals surface area contributed by atoms with Gasteiger partial charge in [-0.2, -0.15) is 12.6 Å². The van der Waals surface area contributed by atoms with Gasteiger partial charge >= 0.3 is 0 Å². The van der Waals surface area contributed by atoms with Gasteiger partial charge in [-0.15, -0.1) is 0 Å². The van der Waals surface area contributed by atoms with E-state index < -0.39 is 0 Å². The Morgan fingerprint density at radius 3 is 2.38 bits per heavy atom. The maximum atomic E-state index is 6.11. The average molecular weight is 215 g/mol. The second-order valence-electron chi connectivity index (χ2n) is 4.22. The Morgan fingerprint density at radius 1 is 1.31 bits per heavy atom. The molecule has 0 atom stereocenters. The van der Waals surface area contributed by atoms with Gasteiger partial charge in [-0.3, -0.25) is 0 Å². The molecule has 0 bridgehead atoms. The Morgan fingerprint density at radius 2 is 1.92 bits per heavy atom. The van der Waals surface area contributed by atoms with Crippen LogP contribution in [0.15, 0.2) is 18.2 Å². The molecule has 0 N–H and O–H groups in total. The summed E-state index contributed by atoms with van der Waals surface area (Å²) < 4.78 is 0. The van der Waals surface area contributed by atoms with Crippen molar-refractivity contribution in [1.82, 2.24) is 0 Å². The van der Waals surface area contributed by atoms with Crippen LogP contribution in [0, 0.1) is 0 Å². The third-order valence-electron chi connectivity index (χ3n) is 2.02. The number of hydrogen-bond acceptors (Lipinski definition) is 1. The predicted molar refractivity (Wildman–Crippen MR) is 62.8 cm³/mol. The van der Waals surface area contributed by atoms with E-state index in [1.807, 2.05) is 12.1 Å². The monoisotopic (exact) mass is 214 g/mol. The predicted octanol–water partition coefficient (Wildman–Crippen LogP) is 4.07.